The fourth-order valence-corrected chi connectivity index (χ4v) is 2.47. The predicted octanol–water partition coefficient (Wildman–Crippen LogP) is 3.16. The molecule has 3 aromatic heterocycles. The van der Waals surface area contributed by atoms with Crippen LogP contribution in [0.1, 0.15) is 10.6 Å². The molecule has 0 aliphatic carbocycles. The SMILES string of the molecule is O=C(Nc1ccc(Nc2cc(-n3cccn3)ncn2)cc1)c1ccc([N+](=O)[O-])o1. The zero-order valence-electron chi connectivity index (χ0n) is 14.7. The summed E-state index contributed by atoms with van der Waals surface area (Å²) >= 11 is 0. The third-order valence-electron chi connectivity index (χ3n) is 3.80. The van der Waals surface area contributed by atoms with Gasteiger partial charge in [0.05, 0.1) is 6.07 Å². The van der Waals surface area contributed by atoms with Crippen LogP contribution < -0.4 is 10.6 Å². The van der Waals surface area contributed by atoms with Gasteiger partial charge in [0.2, 0.25) is 0 Å². The highest BCUT2D eigenvalue weighted by Crippen LogP contribution is 2.20. The fraction of sp³-hybridized carbons (Fsp3) is 0. The smallest absolute Gasteiger partial charge is 0.395 e. The first-order valence-electron chi connectivity index (χ1n) is 8.33. The lowest BCUT2D eigenvalue weighted by atomic mass is 10.2. The maximum atomic E-state index is 12.1. The van der Waals surface area contributed by atoms with Crippen molar-refractivity contribution in [1.82, 2.24) is 19.7 Å². The maximum Gasteiger partial charge on any atom is 0.433 e. The average molecular weight is 391 g/mol. The quantitative estimate of drug-likeness (QED) is 0.377. The average Bonchev–Trinajstić information content (AvgIpc) is 3.42. The molecule has 0 saturated heterocycles. The summed E-state index contributed by atoms with van der Waals surface area (Å²) in [5, 5.41) is 20.5. The lowest BCUT2D eigenvalue weighted by Crippen LogP contribution is -2.10. The number of benzene rings is 1. The summed E-state index contributed by atoms with van der Waals surface area (Å²) in [6.07, 6.45) is 4.86. The molecule has 4 rings (SSSR count). The van der Waals surface area contributed by atoms with Gasteiger partial charge in [-0.1, -0.05) is 0 Å². The molecule has 0 atom stereocenters. The van der Waals surface area contributed by atoms with Crippen molar-refractivity contribution in [1.29, 1.82) is 0 Å². The molecule has 1 amide bonds. The van der Waals surface area contributed by atoms with Crippen molar-refractivity contribution in [3.63, 3.8) is 0 Å². The summed E-state index contributed by atoms with van der Waals surface area (Å²) in [4.78, 5) is 30.4. The number of nitro groups is 1. The minimum absolute atomic E-state index is 0.147. The molecule has 11 heteroatoms. The summed E-state index contributed by atoms with van der Waals surface area (Å²) in [6.45, 7) is 0. The summed E-state index contributed by atoms with van der Waals surface area (Å²) in [6, 6.07) is 12.7. The Balaban J connectivity index is 1.42. The molecule has 0 aliphatic heterocycles. The largest absolute Gasteiger partial charge is 0.433 e. The Kier molecular flexibility index (Phi) is 4.68. The molecule has 0 fully saturated rings. The van der Waals surface area contributed by atoms with Crippen LogP contribution in [0.3, 0.4) is 0 Å². The Bertz CT molecular complexity index is 1150. The molecule has 0 aliphatic rings. The van der Waals surface area contributed by atoms with Gasteiger partial charge in [0.25, 0.3) is 5.91 Å². The molecule has 11 nitrogen and oxygen atoms in total. The number of hydrogen-bond donors (Lipinski definition) is 2. The van der Waals surface area contributed by atoms with Crippen LogP contribution in [-0.4, -0.2) is 30.6 Å². The highest BCUT2D eigenvalue weighted by molar-refractivity contribution is 6.02. The third kappa shape index (κ3) is 4.08. The van der Waals surface area contributed by atoms with Gasteiger partial charge in [-0.3, -0.25) is 14.9 Å². The van der Waals surface area contributed by atoms with Gasteiger partial charge in [-0.2, -0.15) is 5.10 Å². The van der Waals surface area contributed by atoms with E-state index < -0.39 is 16.7 Å². The summed E-state index contributed by atoms with van der Waals surface area (Å²) in [7, 11) is 0. The molecule has 0 unspecified atom stereocenters. The second-order valence-electron chi connectivity index (χ2n) is 5.76. The maximum absolute atomic E-state index is 12.1. The lowest BCUT2D eigenvalue weighted by Gasteiger charge is -2.08. The minimum atomic E-state index is -0.706. The van der Waals surface area contributed by atoms with Crippen LogP contribution in [0, 0.1) is 10.1 Å². The highest BCUT2D eigenvalue weighted by atomic mass is 16.6. The van der Waals surface area contributed by atoms with E-state index in [9.17, 15) is 14.9 Å². The Morgan fingerprint density at radius 3 is 2.59 bits per heavy atom. The number of carbonyl (C=O) groups is 1. The van der Waals surface area contributed by atoms with Crippen LogP contribution in [0.15, 0.2) is 71.7 Å². The van der Waals surface area contributed by atoms with Gasteiger partial charge < -0.3 is 15.1 Å². The van der Waals surface area contributed by atoms with E-state index in [0.717, 1.165) is 11.8 Å². The van der Waals surface area contributed by atoms with Gasteiger partial charge in [0.1, 0.15) is 17.1 Å². The standard InChI is InChI=1S/C18H13N7O4/c26-18(14-6-7-17(29-14)25(27)28)23-13-4-2-12(3-5-13)22-15-10-16(20-11-19-15)24-9-1-8-21-24/h1-11H,(H,23,26)(H,19,20,22). The normalized spacial score (nSPS) is 10.5. The molecule has 144 valence electrons. The minimum Gasteiger partial charge on any atom is -0.395 e. The van der Waals surface area contributed by atoms with Crippen LogP contribution in [0.2, 0.25) is 0 Å². The number of nitrogens with one attached hydrogen (secondary N) is 2. The number of rotatable bonds is 6. The molecular formula is C18H13N7O4. The van der Waals surface area contributed by atoms with Crippen molar-refractivity contribution in [2.24, 2.45) is 0 Å². The van der Waals surface area contributed by atoms with E-state index in [4.69, 9.17) is 4.42 Å². The van der Waals surface area contributed by atoms with Crippen LogP contribution >= 0.6 is 0 Å². The van der Waals surface area contributed by atoms with E-state index in [0.29, 0.717) is 17.3 Å². The Morgan fingerprint density at radius 1 is 1.10 bits per heavy atom. The molecule has 0 bridgehead atoms. The Labute approximate surface area is 163 Å². The van der Waals surface area contributed by atoms with E-state index in [1.807, 2.05) is 0 Å². The highest BCUT2D eigenvalue weighted by Gasteiger charge is 2.17. The van der Waals surface area contributed by atoms with Gasteiger partial charge in [0, 0.05) is 29.8 Å². The van der Waals surface area contributed by atoms with Crippen molar-refractivity contribution >= 4 is 29.0 Å². The van der Waals surface area contributed by atoms with Gasteiger partial charge >= 0.3 is 5.88 Å². The van der Waals surface area contributed by atoms with Gasteiger partial charge in [0.15, 0.2) is 11.6 Å². The topological polar surface area (TPSA) is 141 Å². The predicted molar refractivity (Wildman–Crippen MR) is 102 cm³/mol. The zero-order chi connectivity index (χ0) is 20.2. The number of anilines is 3. The van der Waals surface area contributed by atoms with E-state index in [1.54, 1.807) is 53.5 Å². The van der Waals surface area contributed by atoms with Gasteiger partial charge in [-0.05, 0) is 36.4 Å². The van der Waals surface area contributed by atoms with Crippen molar-refractivity contribution in [2.75, 3.05) is 10.6 Å². The zero-order valence-corrected chi connectivity index (χ0v) is 14.7. The fourth-order valence-electron chi connectivity index (χ4n) is 2.47. The van der Waals surface area contributed by atoms with Gasteiger partial charge in [-0.25, -0.2) is 14.6 Å². The van der Waals surface area contributed by atoms with Crippen molar-refractivity contribution in [3.05, 3.63) is 83.1 Å². The van der Waals surface area contributed by atoms with E-state index in [1.165, 1.54) is 12.4 Å². The summed E-state index contributed by atoms with van der Waals surface area (Å²) in [5.41, 5.74) is 1.24. The number of amides is 1. The van der Waals surface area contributed by atoms with Crippen LogP contribution in [-0.2, 0) is 0 Å². The lowest BCUT2D eigenvalue weighted by molar-refractivity contribution is -0.402. The van der Waals surface area contributed by atoms with E-state index in [-0.39, 0.29) is 5.76 Å². The number of nitrogens with zero attached hydrogens (tertiary/aromatic N) is 5. The number of hydrogen-bond acceptors (Lipinski definition) is 8. The van der Waals surface area contributed by atoms with Crippen molar-refractivity contribution < 1.29 is 14.1 Å². The molecule has 1 aromatic carbocycles. The van der Waals surface area contributed by atoms with E-state index >= 15 is 0 Å². The first-order chi connectivity index (χ1) is 14.1. The molecule has 0 spiro atoms. The molecule has 4 aromatic rings. The van der Waals surface area contributed by atoms with Gasteiger partial charge in [-0.15, -0.1) is 0 Å². The summed E-state index contributed by atoms with van der Waals surface area (Å²) < 4.78 is 6.49. The Hall–Kier alpha value is -4.54. The molecule has 0 radical (unpaired) electrons. The Morgan fingerprint density at radius 2 is 1.90 bits per heavy atom. The van der Waals surface area contributed by atoms with Crippen molar-refractivity contribution in [3.8, 4) is 5.82 Å². The number of carbonyl (C=O) groups excluding carboxylic acids is 1. The van der Waals surface area contributed by atoms with Crippen LogP contribution in [0.5, 0.6) is 0 Å². The molecular weight excluding hydrogens is 378 g/mol. The first-order valence-corrected chi connectivity index (χ1v) is 8.33. The molecule has 3 heterocycles. The molecule has 0 saturated carbocycles. The third-order valence-corrected chi connectivity index (χ3v) is 3.80. The number of furan rings is 1. The number of aromatic nitrogens is 4. The van der Waals surface area contributed by atoms with Crippen LogP contribution in [0.25, 0.3) is 5.82 Å². The van der Waals surface area contributed by atoms with Crippen LogP contribution in [0.4, 0.5) is 23.1 Å². The molecule has 2 N–H and O–H groups in total. The molecule has 29 heavy (non-hydrogen) atoms. The second-order valence-corrected chi connectivity index (χ2v) is 5.76. The second kappa shape index (κ2) is 7.60. The first kappa shape index (κ1) is 17.9. The van der Waals surface area contributed by atoms with Crippen molar-refractivity contribution in [2.45, 2.75) is 0 Å². The summed E-state index contributed by atoms with van der Waals surface area (Å²) in [5.74, 6) is -0.0346. The van der Waals surface area contributed by atoms with E-state index in [2.05, 4.69) is 25.7 Å². The monoisotopic (exact) mass is 391 g/mol.